The third-order valence-electron chi connectivity index (χ3n) is 3.09. The second kappa shape index (κ2) is 5.88. The molecule has 0 aromatic heterocycles. The van der Waals surface area contributed by atoms with Crippen molar-refractivity contribution in [3.63, 3.8) is 0 Å². The molecule has 0 saturated carbocycles. The first-order valence-corrected chi connectivity index (χ1v) is 6.06. The normalized spacial score (nSPS) is 12.6. The average Bonchev–Trinajstić information content (AvgIpc) is 2.49. The van der Waals surface area contributed by atoms with Crippen LogP contribution < -0.4 is 0 Å². The number of alkyl halides is 6. The van der Waals surface area contributed by atoms with Gasteiger partial charge in [-0.2, -0.15) is 26.3 Å². The van der Waals surface area contributed by atoms with E-state index in [9.17, 15) is 48.3 Å². The SMILES string of the molecule is Fc1c(F)c(F)c(-c2cc(C(F)(F)F)cc(C(F)(F)F)c2)c(F)c1F. The lowest BCUT2D eigenvalue weighted by molar-refractivity contribution is -0.143. The molecular formula is C14H3F11. The first-order valence-electron chi connectivity index (χ1n) is 6.06. The van der Waals surface area contributed by atoms with Crippen molar-refractivity contribution in [3.8, 4) is 11.1 Å². The maximum atomic E-state index is 13.7. The molecule has 0 radical (unpaired) electrons. The number of benzene rings is 2. The highest BCUT2D eigenvalue weighted by molar-refractivity contribution is 5.67. The summed E-state index contributed by atoms with van der Waals surface area (Å²) in [6.45, 7) is 0. The lowest BCUT2D eigenvalue weighted by atomic mass is 9.97. The van der Waals surface area contributed by atoms with Crippen LogP contribution >= 0.6 is 0 Å². The smallest absolute Gasteiger partial charge is 0.203 e. The van der Waals surface area contributed by atoms with E-state index in [0.29, 0.717) is 0 Å². The molecule has 0 bridgehead atoms. The Morgan fingerprint density at radius 2 is 0.800 bits per heavy atom. The fourth-order valence-corrected chi connectivity index (χ4v) is 1.96. The van der Waals surface area contributed by atoms with E-state index in [-0.39, 0.29) is 18.2 Å². The van der Waals surface area contributed by atoms with Gasteiger partial charge in [0.1, 0.15) is 0 Å². The number of rotatable bonds is 1. The molecule has 11 heteroatoms. The van der Waals surface area contributed by atoms with E-state index in [1.165, 1.54) is 0 Å². The first-order chi connectivity index (χ1) is 11.2. The molecule has 0 fully saturated rings. The molecule has 25 heavy (non-hydrogen) atoms. The summed E-state index contributed by atoms with van der Waals surface area (Å²) in [6.07, 6.45) is -10.7. The van der Waals surface area contributed by atoms with Crippen molar-refractivity contribution < 1.29 is 48.3 Å². The Hall–Kier alpha value is -2.33. The quantitative estimate of drug-likeness (QED) is 0.319. The highest BCUT2D eigenvalue weighted by Gasteiger charge is 2.38. The van der Waals surface area contributed by atoms with E-state index in [1.54, 1.807) is 0 Å². The summed E-state index contributed by atoms with van der Waals surface area (Å²) in [5.41, 5.74) is -7.30. The van der Waals surface area contributed by atoms with Gasteiger partial charge >= 0.3 is 12.4 Å². The van der Waals surface area contributed by atoms with E-state index >= 15 is 0 Å². The molecular weight excluding hydrogens is 377 g/mol. The van der Waals surface area contributed by atoms with Crippen molar-refractivity contribution in [2.24, 2.45) is 0 Å². The van der Waals surface area contributed by atoms with Crippen LogP contribution in [0.25, 0.3) is 11.1 Å². The molecule has 136 valence electrons. The molecule has 0 saturated heterocycles. The second-order valence-electron chi connectivity index (χ2n) is 4.74. The van der Waals surface area contributed by atoms with E-state index in [0.717, 1.165) is 0 Å². The minimum absolute atomic E-state index is 0.145. The topological polar surface area (TPSA) is 0 Å². The van der Waals surface area contributed by atoms with Crippen molar-refractivity contribution in [2.45, 2.75) is 12.4 Å². The van der Waals surface area contributed by atoms with Crippen molar-refractivity contribution >= 4 is 0 Å². The van der Waals surface area contributed by atoms with Crippen molar-refractivity contribution in [1.82, 2.24) is 0 Å². The minimum Gasteiger partial charge on any atom is -0.203 e. The molecule has 0 unspecified atom stereocenters. The fraction of sp³-hybridized carbons (Fsp3) is 0.143. The molecule has 0 N–H and O–H groups in total. The molecule has 0 amide bonds. The summed E-state index contributed by atoms with van der Waals surface area (Å²) in [6, 6.07) is -0.642. The van der Waals surface area contributed by atoms with E-state index in [4.69, 9.17) is 0 Å². The average molecular weight is 380 g/mol. The second-order valence-corrected chi connectivity index (χ2v) is 4.74. The van der Waals surface area contributed by atoms with Crippen LogP contribution in [-0.4, -0.2) is 0 Å². The lowest BCUT2D eigenvalue weighted by Crippen LogP contribution is -2.12. The van der Waals surface area contributed by atoms with Crippen LogP contribution in [0.4, 0.5) is 48.3 Å². The molecule has 0 aliphatic rings. The predicted molar refractivity (Wildman–Crippen MR) is 61.7 cm³/mol. The third kappa shape index (κ3) is 3.40. The van der Waals surface area contributed by atoms with E-state index < -0.39 is 63.7 Å². The summed E-state index contributed by atoms with van der Waals surface area (Å²) >= 11 is 0. The van der Waals surface area contributed by atoms with Gasteiger partial charge in [0.05, 0.1) is 16.7 Å². The maximum absolute atomic E-state index is 13.7. The Labute approximate surface area is 131 Å². The molecule has 0 heterocycles. The lowest BCUT2D eigenvalue weighted by Gasteiger charge is -2.15. The van der Waals surface area contributed by atoms with Gasteiger partial charge in [-0.3, -0.25) is 0 Å². The molecule has 0 aliphatic heterocycles. The van der Waals surface area contributed by atoms with Crippen molar-refractivity contribution in [3.05, 3.63) is 58.4 Å². The summed E-state index contributed by atoms with van der Waals surface area (Å²) in [5, 5.41) is 0. The van der Waals surface area contributed by atoms with Crippen LogP contribution in [-0.2, 0) is 12.4 Å². The Bertz CT molecular complexity index is 769. The molecule has 0 aliphatic carbocycles. The number of hydrogen-bond donors (Lipinski definition) is 0. The summed E-state index contributed by atoms with van der Waals surface area (Å²) < 4.78 is 143. The van der Waals surface area contributed by atoms with Gasteiger partial charge in [-0.05, 0) is 23.8 Å². The Morgan fingerprint density at radius 1 is 0.480 bits per heavy atom. The van der Waals surface area contributed by atoms with E-state index in [2.05, 4.69) is 0 Å². The Morgan fingerprint density at radius 3 is 1.12 bits per heavy atom. The predicted octanol–water partition coefficient (Wildman–Crippen LogP) is 6.09. The van der Waals surface area contributed by atoms with Gasteiger partial charge in [0.15, 0.2) is 23.3 Å². The van der Waals surface area contributed by atoms with Gasteiger partial charge in [-0.15, -0.1) is 0 Å². The fourth-order valence-electron chi connectivity index (χ4n) is 1.96. The zero-order valence-electron chi connectivity index (χ0n) is 11.4. The molecule has 2 aromatic rings. The third-order valence-corrected chi connectivity index (χ3v) is 3.09. The van der Waals surface area contributed by atoms with Gasteiger partial charge in [0.25, 0.3) is 0 Å². The van der Waals surface area contributed by atoms with Crippen LogP contribution in [0.15, 0.2) is 18.2 Å². The summed E-state index contributed by atoms with van der Waals surface area (Å²) in [4.78, 5) is 0. The van der Waals surface area contributed by atoms with Crippen LogP contribution in [0.5, 0.6) is 0 Å². The van der Waals surface area contributed by atoms with Gasteiger partial charge < -0.3 is 0 Å². The van der Waals surface area contributed by atoms with Gasteiger partial charge in [0.2, 0.25) is 5.82 Å². The largest absolute Gasteiger partial charge is 0.416 e. The summed E-state index contributed by atoms with van der Waals surface area (Å²) in [5.74, 6) is -12.7. The van der Waals surface area contributed by atoms with Crippen LogP contribution in [0, 0.1) is 29.1 Å². The molecule has 0 nitrogen and oxygen atoms in total. The number of hydrogen-bond acceptors (Lipinski definition) is 0. The molecule has 2 rings (SSSR count). The van der Waals surface area contributed by atoms with Gasteiger partial charge in [-0.1, -0.05) is 0 Å². The molecule has 0 atom stereocenters. The standard InChI is InChI=1S/C14H3F11/c15-8-7(9(16)11(18)12(19)10(8)17)4-1-5(13(20,21)22)3-6(2-4)14(23,24)25/h1-3H. The van der Waals surface area contributed by atoms with Crippen molar-refractivity contribution in [1.29, 1.82) is 0 Å². The van der Waals surface area contributed by atoms with Gasteiger partial charge in [0, 0.05) is 0 Å². The van der Waals surface area contributed by atoms with Crippen LogP contribution in [0.1, 0.15) is 11.1 Å². The van der Waals surface area contributed by atoms with Crippen LogP contribution in [0.3, 0.4) is 0 Å². The Kier molecular flexibility index (Phi) is 4.47. The number of halogens is 11. The molecule has 0 spiro atoms. The summed E-state index contributed by atoms with van der Waals surface area (Å²) in [7, 11) is 0. The highest BCUT2D eigenvalue weighted by atomic mass is 19.4. The first kappa shape index (κ1) is 19.0. The van der Waals surface area contributed by atoms with Gasteiger partial charge in [-0.25, -0.2) is 22.0 Å². The minimum atomic E-state index is -5.36. The van der Waals surface area contributed by atoms with E-state index in [1.807, 2.05) is 0 Å². The van der Waals surface area contributed by atoms with Crippen molar-refractivity contribution in [2.75, 3.05) is 0 Å². The van der Waals surface area contributed by atoms with Crippen LogP contribution in [0.2, 0.25) is 0 Å². The highest BCUT2D eigenvalue weighted by Crippen LogP contribution is 2.40. The maximum Gasteiger partial charge on any atom is 0.416 e. The zero-order chi connectivity index (χ0) is 19.3. The monoisotopic (exact) mass is 380 g/mol. The zero-order valence-corrected chi connectivity index (χ0v) is 11.4. The Balaban J connectivity index is 2.89. The molecule has 2 aromatic carbocycles.